The van der Waals surface area contributed by atoms with Crippen LogP contribution >= 0.6 is 11.8 Å². The highest BCUT2D eigenvalue weighted by Crippen LogP contribution is 2.19. The Morgan fingerprint density at radius 2 is 2.33 bits per heavy atom. The third kappa shape index (κ3) is 3.72. The molecule has 0 aromatic heterocycles. The van der Waals surface area contributed by atoms with E-state index in [9.17, 15) is 5.11 Å². The molecule has 4 heteroatoms. The Kier molecular flexibility index (Phi) is 4.67. The van der Waals surface area contributed by atoms with Crippen LogP contribution in [0.1, 0.15) is 12.0 Å². The lowest BCUT2D eigenvalue weighted by atomic mass is 10.0. The molecule has 2 N–H and O–H groups in total. The minimum atomic E-state index is -0.550. The minimum absolute atomic E-state index is 0.550. The van der Waals surface area contributed by atoms with Gasteiger partial charge in [-0.05, 0) is 44.0 Å². The molecule has 1 fully saturated rings. The molecule has 0 spiro atoms. The molecular weight excluding hydrogens is 244 g/mol. The van der Waals surface area contributed by atoms with Crippen LogP contribution in [0.25, 0.3) is 0 Å². The van der Waals surface area contributed by atoms with E-state index in [2.05, 4.69) is 47.8 Å². The van der Waals surface area contributed by atoms with Gasteiger partial charge in [0.25, 0.3) is 0 Å². The molecule has 0 saturated carbocycles. The number of hydrogen-bond acceptors (Lipinski definition) is 4. The molecule has 3 nitrogen and oxygen atoms in total. The summed E-state index contributed by atoms with van der Waals surface area (Å²) in [6, 6.07) is 8.59. The van der Waals surface area contributed by atoms with Crippen molar-refractivity contribution in [2.45, 2.75) is 23.5 Å². The quantitative estimate of drug-likeness (QED) is 0.793. The van der Waals surface area contributed by atoms with Crippen LogP contribution < -0.4 is 5.32 Å². The lowest BCUT2D eigenvalue weighted by Gasteiger charge is -2.28. The molecule has 0 amide bonds. The van der Waals surface area contributed by atoms with Gasteiger partial charge >= 0.3 is 0 Å². The predicted molar refractivity (Wildman–Crippen MR) is 77.0 cm³/mol. The van der Waals surface area contributed by atoms with Gasteiger partial charge in [0.15, 0.2) is 0 Å². The van der Waals surface area contributed by atoms with E-state index in [0.29, 0.717) is 6.54 Å². The summed E-state index contributed by atoms with van der Waals surface area (Å²) in [7, 11) is 2.07. The molecule has 1 heterocycles. The zero-order valence-corrected chi connectivity index (χ0v) is 12.0. The number of thioether (sulfide) groups is 1. The Balaban J connectivity index is 1.91. The van der Waals surface area contributed by atoms with Crippen molar-refractivity contribution in [3.63, 3.8) is 0 Å². The maximum absolute atomic E-state index is 10.3. The van der Waals surface area contributed by atoms with E-state index in [0.717, 1.165) is 26.1 Å². The van der Waals surface area contributed by atoms with Crippen molar-refractivity contribution in [1.29, 1.82) is 0 Å². The SMILES string of the molecule is CSc1cccc(CN(C)CC2(O)CCNC2)c1. The van der Waals surface area contributed by atoms with Crippen LogP contribution in [0, 0.1) is 0 Å². The second-order valence-corrected chi connectivity index (χ2v) is 6.05. The largest absolute Gasteiger partial charge is 0.387 e. The van der Waals surface area contributed by atoms with E-state index in [1.54, 1.807) is 11.8 Å². The zero-order chi connectivity index (χ0) is 13.0. The fourth-order valence-electron chi connectivity index (χ4n) is 2.51. The van der Waals surface area contributed by atoms with E-state index in [4.69, 9.17) is 0 Å². The van der Waals surface area contributed by atoms with Crippen molar-refractivity contribution in [3.05, 3.63) is 29.8 Å². The molecular formula is C14H22N2OS. The second kappa shape index (κ2) is 6.06. The predicted octanol–water partition coefficient (Wildman–Crippen LogP) is 1.56. The van der Waals surface area contributed by atoms with E-state index < -0.39 is 5.60 Å². The number of aliphatic hydroxyl groups is 1. The van der Waals surface area contributed by atoms with Crippen molar-refractivity contribution >= 4 is 11.8 Å². The standard InChI is InChI=1S/C14H22N2OS/c1-16(11-14(17)6-7-15-10-14)9-12-4-3-5-13(8-12)18-2/h3-5,8,15,17H,6-7,9-11H2,1-2H3. The Morgan fingerprint density at radius 3 is 3.00 bits per heavy atom. The van der Waals surface area contributed by atoms with Crippen LogP contribution in [0.4, 0.5) is 0 Å². The van der Waals surface area contributed by atoms with Gasteiger partial charge in [0, 0.05) is 24.5 Å². The average Bonchev–Trinajstić information content (AvgIpc) is 2.75. The smallest absolute Gasteiger partial charge is 0.0909 e. The Labute approximate surface area is 114 Å². The molecule has 1 aliphatic rings. The fourth-order valence-corrected chi connectivity index (χ4v) is 2.99. The number of benzene rings is 1. The fraction of sp³-hybridized carbons (Fsp3) is 0.571. The van der Waals surface area contributed by atoms with Gasteiger partial charge < -0.3 is 10.4 Å². The molecule has 1 aliphatic heterocycles. The third-order valence-electron chi connectivity index (χ3n) is 3.37. The van der Waals surface area contributed by atoms with Crippen molar-refractivity contribution in [3.8, 4) is 0 Å². The van der Waals surface area contributed by atoms with Gasteiger partial charge in [0.05, 0.1) is 5.60 Å². The van der Waals surface area contributed by atoms with Crippen LogP contribution in [0.15, 0.2) is 29.2 Å². The maximum Gasteiger partial charge on any atom is 0.0909 e. The number of nitrogens with zero attached hydrogens (tertiary/aromatic N) is 1. The molecule has 1 unspecified atom stereocenters. The Bertz CT molecular complexity index is 391. The summed E-state index contributed by atoms with van der Waals surface area (Å²) >= 11 is 1.76. The first-order valence-electron chi connectivity index (χ1n) is 6.36. The van der Waals surface area contributed by atoms with Gasteiger partial charge in [-0.1, -0.05) is 12.1 Å². The molecule has 2 rings (SSSR count). The molecule has 18 heavy (non-hydrogen) atoms. The highest BCUT2D eigenvalue weighted by Gasteiger charge is 2.31. The first kappa shape index (κ1) is 13.9. The number of nitrogens with one attached hydrogen (secondary N) is 1. The zero-order valence-electron chi connectivity index (χ0n) is 11.1. The number of likely N-dealkylation sites (N-methyl/N-ethyl adjacent to an activating group) is 1. The Morgan fingerprint density at radius 1 is 1.50 bits per heavy atom. The lowest BCUT2D eigenvalue weighted by Crippen LogP contribution is -2.42. The molecule has 1 atom stereocenters. The van der Waals surface area contributed by atoms with Gasteiger partial charge in [0.1, 0.15) is 0 Å². The molecule has 1 saturated heterocycles. The summed E-state index contributed by atoms with van der Waals surface area (Å²) in [5.74, 6) is 0. The third-order valence-corrected chi connectivity index (χ3v) is 4.10. The van der Waals surface area contributed by atoms with Crippen LogP contribution in [-0.4, -0.2) is 48.5 Å². The van der Waals surface area contributed by atoms with Crippen LogP contribution in [-0.2, 0) is 6.54 Å². The molecule has 0 aliphatic carbocycles. The highest BCUT2D eigenvalue weighted by atomic mass is 32.2. The molecule has 0 radical (unpaired) electrons. The van der Waals surface area contributed by atoms with Crippen molar-refractivity contribution in [1.82, 2.24) is 10.2 Å². The lowest BCUT2D eigenvalue weighted by molar-refractivity contribution is 0.0264. The van der Waals surface area contributed by atoms with Gasteiger partial charge in [0.2, 0.25) is 0 Å². The minimum Gasteiger partial charge on any atom is -0.387 e. The van der Waals surface area contributed by atoms with E-state index >= 15 is 0 Å². The van der Waals surface area contributed by atoms with E-state index in [-0.39, 0.29) is 0 Å². The van der Waals surface area contributed by atoms with Crippen LogP contribution in [0.5, 0.6) is 0 Å². The molecule has 100 valence electrons. The highest BCUT2D eigenvalue weighted by molar-refractivity contribution is 7.98. The summed E-state index contributed by atoms with van der Waals surface area (Å²) in [5.41, 5.74) is 0.755. The number of β-amino-alcohol motifs (C(OH)–C–C–N with tert-alkyl or cyclic N) is 1. The Hall–Kier alpha value is -0.550. The average molecular weight is 266 g/mol. The van der Waals surface area contributed by atoms with Crippen LogP contribution in [0.2, 0.25) is 0 Å². The summed E-state index contributed by atoms with van der Waals surface area (Å²) in [6.07, 6.45) is 2.94. The monoisotopic (exact) mass is 266 g/mol. The topological polar surface area (TPSA) is 35.5 Å². The summed E-state index contributed by atoms with van der Waals surface area (Å²) in [5, 5.41) is 13.6. The van der Waals surface area contributed by atoms with Gasteiger partial charge in [-0.25, -0.2) is 0 Å². The second-order valence-electron chi connectivity index (χ2n) is 5.17. The molecule has 1 aromatic rings. The number of rotatable bonds is 5. The van der Waals surface area contributed by atoms with E-state index in [1.165, 1.54) is 10.5 Å². The van der Waals surface area contributed by atoms with Crippen molar-refractivity contribution in [2.75, 3.05) is 32.9 Å². The van der Waals surface area contributed by atoms with Gasteiger partial charge in [-0.3, -0.25) is 4.90 Å². The van der Waals surface area contributed by atoms with Crippen molar-refractivity contribution in [2.24, 2.45) is 0 Å². The van der Waals surface area contributed by atoms with Crippen LogP contribution in [0.3, 0.4) is 0 Å². The molecule has 1 aromatic carbocycles. The molecule has 0 bridgehead atoms. The maximum atomic E-state index is 10.3. The van der Waals surface area contributed by atoms with E-state index in [1.807, 2.05) is 0 Å². The van der Waals surface area contributed by atoms with Gasteiger partial charge in [-0.15, -0.1) is 11.8 Å². The summed E-state index contributed by atoms with van der Waals surface area (Å²) < 4.78 is 0. The first-order chi connectivity index (χ1) is 8.61. The van der Waals surface area contributed by atoms with Gasteiger partial charge in [-0.2, -0.15) is 0 Å². The number of hydrogen-bond donors (Lipinski definition) is 2. The normalized spacial score (nSPS) is 23.8. The van der Waals surface area contributed by atoms with Crippen molar-refractivity contribution < 1.29 is 5.11 Å². The summed E-state index contributed by atoms with van der Waals surface area (Å²) in [6.45, 7) is 3.24. The first-order valence-corrected chi connectivity index (χ1v) is 7.58. The summed E-state index contributed by atoms with van der Waals surface area (Å²) in [4.78, 5) is 3.49.